The minimum atomic E-state index is -3.61. The van der Waals surface area contributed by atoms with E-state index in [1.807, 2.05) is 0 Å². The zero-order valence-corrected chi connectivity index (χ0v) is 16.0. The molecule has 1 aromatic rings. The average Bonchev–Trinajstić information content (AvgIpc) is 2.59. The van der Waals surface area contributed by atoms with Crippen LogP contribution in [0.15, 0.2) is 29.2 Å². The molecule has 25 heavy (non-hydrogen) atoms. The second-order valence-corrected chi connectivity index (χ2v) is 8.68. The zero-order chi connectivity index (χ0) is 18.3. The first kappa shape index (κ1) is 20.2. The third-order valence-electron chi connectivity index (χ3n) is 4.54. The molecule has 1 heterocycles. The summed E-state index contributed by atoms with van der Waals surface area (Å²) >= 11 is 5.81. The monoisotopic (exact) mass is 387 g/mol. The van der Waals surface area contributed by atoms with Crippen molar-refractivity contribution in [2.24, 2.45) is 11.8 Å². The Balaban J connectivity index is 1.70. The van der Waals surface area contributed by atoms with Gasteiger partial charge >= 0.3 is 0 Å². The smallest absolute Gasteiger partial charge is 0.240 e. The van der Waals surface area contributed by atoms with E-state index in [4.69, 9.17) is 11.6 Å². The minimum absolute atomic E-state index is 0.0343. The van der Waals surface area contributed by atoms with Crippen LogP contribution in [0.4, 0.5) is 0 Å². The van der Waals surface area contributed by atoms with Crippen molar-refractivity contribution in [3.63, 3.8) is 0 Å². The van der Waals surface area contributed by atoms with E-state index in [9.17, 15) is 13.2 Å². The van der Waals surface area contributed by atoms with Gasteiger partial charge in [0, 0.05) is 24.5 Å². The molecular formula is C17H26ClN3O3S. The van der Waals surface area contributed by atoms with E-state index < -0.39 is 10.0 Å². The molecule has 1 aliphatic rings. The van der Waals surface area contributed by atoms with Gasteiger partial charge < -0.3 is 10.6 Å². The molecule has 6 nitrogen and oxygen atoms in total. The summed E-state index contributed by atoms with van der Waals surface area (Å²) in [5, 5.41) is 6.47. The van der Waals surface area contributed by atoms with Crippen LogP contribution in [0.2, 0.25) is 5.02 Å². The molecule has 1 fully saturated rings. The Morgan fingerprint density at radius 2 is 2.04 bits per heavy atom. The molecule has 8 heteroatoms. The Morgan fingerprint density at radius 3 is 2.72 bits per heavy atom. The summed E-state index contributed by atoms with van der Waals surface area (Å²) < 4.78 is 26.7. The fraction of sp³-hybridized carbons (Fsp3) is 0.588. The lowest BCUT2D eigenvalue weighted by Gasteiger charge is -2.27. The average molecular weight is 388 g/mol. The molecule has 3 N–H and O–H groups in total. The Labute approximate surface area is 154 Å². The van der Waals surface area contributed by atoms with E-state index in [0.717, 1.165) is 25.9 Å². The third-order valence-corrected chi connectivity index (χ3v) is 6.24. The molecule has 0 bridgehead atoms. The standard InChI is InChI=1S/C17H26ClN3O3S/c1-13(14-5-7-19-8-6-14)11-17(22)20-9-10-21-25(23,24)16-4-2-3-15(18)12-16/h2-4,12-14,19,21H,5-11H2,1H3,(H,20,22). The van der Waals surface area contributed by atoms with Crippen molar-refractivity contribution < 1.29 is 13.2 Å². The molecule has 1 saturated heterocycles. The van der Waals surface area contributed by atoms with Gasteiger partial charge in [-0.15, -0.1) is 0 Å². The molecule has 1 amide bonds. The summed E-state index contributed by atoms with van der Waals surface area (Å²) in [4.78, 5) is 12.1. The highest BCUT2D eigenvalue weighted by Crippen LogP contribution is 2.24. The molecule has 1 aromatic carbocycles. The molecule has 1 unspecified atom stereocenters. The first-order valence-corrected chi connectivity index (χ1v) is 10.5. The summed E-state index contributed by atoms with van der Waals surface area (Å²) in [6, 6.07) is 6.07. The van der Waals surface area contributed by atoms with Crippen LogP contribution in [0.3, 0.4) is 0 Å². The van der Waals surface area contributed by atoms with Gasteiger partial charge in [-0.25, -0.2) is 13.1 Å². The SMILES string of the molecule is CC(CC(=O)NCCNS(=O)(=O)c1cccc(Cl)c1)C1CCNCC1. The largest absolute Gasteiger partial charge is 0.355 e. The van der Waals surface area contributed by atoms with Gasteiger partial charge in [0.2, 0.25) is 15.9 Å². The number of nitrogens with one attached hydrogen (secondary N) is 3. The van der Waals surface area contributed by atoms with Crippen molar-refractivity contribution >= 4 is 27.5 Å². The molecule has 1 aliphatic heterocycles. The van der Waals surface area contributed by atoms with Crippen LogP contribution >= 0.6 is 11.6 Å². The Bertz CT molecular complexity index is 675. The first-order valence-electron chi connectivity index (χ1n) is 8.61. The van der Waals surface area contributed by atoms with Crippen LogP contribution in [0.5, 0.6) is 0 Å². The molecule has 0 radical (unpaired) electrons. The third kappa shape index (κ3) is 6.58. The summed E-state index contributed by atoms with van der Waals surface area (Å²) in [6.45, 7) is 4.54. The van der Waals surface area contributed by atoms with Crippen molar-refractivity contribution in [3.05, 3.63) is 29.3 Å². The van der Waals surface area contributed by atoms with E-state index in [1.54, 1.807) is 12.1 Å². The van der Waals surface area contributed by atoms with E-state index in [2.05, 4.69) is 22.3 Å². The van der Waals surface area contributed by atoms with Crippen LogP contribution in [0.25, 0.3) is 0 Å². The fourth-order valence-corrected chi connectivity index (χ4v) is 4.38. The van der Waals surface area contributed by atoms with Crippen LogP contribution in [0.1, 0.15) is 26.2 Å². The van der Waals surface area contributed by atoms with Crippen molar-refractivity contribution in [2.75, 3.05) is 26.2 Å². The number of halogens is 1. The topological polar surface area (TPSA) is 87.3 Å². The molecule has 140 valence electrons. The second kappa shape index (κ2) is 9.52. The summed E-state index contributed by atoms with van der Waals surface area (Å²) in [5.74, 6) is 0.881. The fourth-order valence-electron chi connectivity index (χ4n) is 3.05. The molecule has 0 saturated carbocycles. The second-order valence-electron chi connectivity index (χ2n) is 6.47. The highest BCUT2D eigenvalue weighted by Gasteiger charge is 2.22. The lowest BCUT2D eigenvalue weighted by atomic mass is 9.84. The van der Waals surface area contributed by atoms with E-state index >= 15 is 0 Å². The summed E-state index contributed by atoms with van der Waals surface area (Å²) in [7, 11) is -3.61. The number of benzene rings is 1. The van der Waals surface area contributed by atoms with Crippen molar-refractivity contribution in [1.82, 2.24) is 15.4 Å². The maximum atomic E-state index is 12.1. The van der Waals surface area contributed by atoms with Gasteiger partial charge in [0.1, 0.15) is 0 Å². The van der Waals surface area contributed by atoms with Gasteiger partial charge in [-0.2, -0.15) is 0 Å². The molecule has 0 aliphatic carbocycles. The minimum Gasteiger partial charge on any atom is -0.355 e. The number of piperidine rings is 1. The lowest BCUT2D eigenvalue weighted by Crippen LogP contribution is -2.36. The van der Waals surface area contributed by atoms with E-state index in [1.165, 1.54) is 12.1 Å². The van der Waals surface area contributed by atoms with Gasteiger partial charge in [-0.1, -0.05) is 24.6 Å². The molecular weight excluding hydrogens is 362 g/mol. The van der Waals surface area contributed by atoms with E-state index in [-0.39, 0.29) is 23.9 Å². The number of rotatable bonds is 8. The maximum absolute atomic E-state index is 12.1. The van der Waals surface area contributed by atoms with Gasteiger partial charge in [0.25, 0.3) is 0 Å². The highest BCUT2D eigenvalue weighted by atomic mass is 35.5. The van der Waals surface area contributed by atoms with Crippen LogP contribution < -0.4 is 15.4 Å². The van der Waals surface area contributed by atoms with Gasteiger partial charge in [0.15, 0.2) is 0 Å². The number of carbonyl (C=O) groups is 1. The Kier molecular flexibility index (Phi) is 7.68. The molecule has 0 aromatic heterocycles. The van der Waals surface area contributed by atoms with Crippen molar-refractivity contribution in [3.8, 4) is 0 Å². The predicted molar refractivity (Wildman–Crippen MR) is 99.0 cm³/mol. The van der Waals surface area contributed by atoms with Crippen LogP contribution in [-0.2, 0) is 14.8 Å². The molecule has 2 rings (SSSR count). The molecule has 0 spiro atoms. The number of carbonyl (C=O) groups excluding carboxylic acids is 1. The van der Waals surface area contributed by atoms with Crippen LogP contribution in [0, 0.1) is 11.8 Å². The van der Waals surface area contributed by atoms with Crippen molar-refractivity contribution in [1.29, 1.82) is 0 Å². The van der Waals surface area contributed by atoms with Crippen LogP contribution in [-0.4, -0.2) is 40.5 Å². The van der Waals surface area contributed by atoms with Gasteiger partial charge in [-0.3, -0.25) is 4.79 Å². The Morgan fingerprint density at radius 1 is 1.32 bits per heavy atom. The number of amides is 1. The lowest BCUT2D eigenvalue weighted by molar-refractivity contribution is -0.122. The zero-order valence-electron chi connectivity index (χ0n) is 14.4. The maximum Gasteiger partial charge on any atom is 0.240 e. The van der Waals surface area contributed by atoms with Crippen molar-refractivity contribution in [2.45, 2.75) is 31.1 Å². The first-order chi connectivity index (χ1) is 11.9. The Hall–Kier alpha value is -1.15. The van der Waals surface area contributed by atoms with E-state index in [0.29, 0.717) is 23.3 Å². The molecule has 1 atom stereocenters. The number of hydrogen-bond donors (Lipinski definition) is 3. The number of hydrogen-bond acceptors (Lipinski definition) is 4. The van der Waals surface area contributed by atoms with Gasteiger partial charge in [0.05, 0.1) is 4.90 Å². The quantitative estimate of drug-likeness (QED) is 0.593. The predicted octanol–water partition coefficient (Wildman–Crippen LogP) is 1.76. The summed E-state index contributed by atoms with van der Waals surface area (Å²) in [6.07, 6.45) is 2.69. The van der Waals surface area contributed by atoms with Gasteiger partial charge in [-0.05, 0) is 56.0 Å². The summed E-state index contributed by atoms with van der Waals surface area (Å²) in [5.41, 5.74) is 0. The highest BCUT2D eigenvalue weighted by molar-refractivity contribution is 7.89. The normalized spacial score (nSPS) is 17.2. The number of sulfonamides is 1.